The third-order valence-electron chi connectivity index (χ3n) is 5.53. The Morgan fingerprint density at radius 3 is 2.68 bits per heavy atom. The van der Waals surface area contributed by atoms with Gasteiger partial charge in [0, 0.05) is 38.2 Å². The lowest BCUT2D eigenvalue weighted by molar-refractivity contribution is -0.0177. The molecule has 1 aromatic heterocycles. The molecule has 0 unspecified atom stereocenters. The first-order valence-electron chi connectivity index (χ1n) is 9.77. The van der Waals surface area contributed by atoms with E-state index in [0.717, 1.165) is 30.5 Å². The van der Waals surface area contributed by atoms with E-state index in [4.69, 9.17) is 16.3 Å². The topological polar surface area (TPSA) is 74.8 Å². The minimum Gasteiger partial charge on any atom is -0.375 e. The molecule has 0 aliphatic carbocycles. The predicted octanol–water partition coefficient (Wildman–Crippen LogP) is 3.81. The van der Waals surface area contributed by atoms with Crippen molar-refractivity contribution in [3.8, 4) is 0 Å². The number of rotatable bonds is 9. The van der Waals surface area contributed by atoms with Crippen molar-refractivity contribution in [2.45, 2.75) is 30.8 Å². The fraction of sp³-hybridized carbons (Fsp3) is 0.526. The molecule has 2 heterocycles. The molecular formula is C19H25ClF2N4O3S2. The molecule has 0 saturated carbocycles. The highest BCUT2D eigenvalue weighted by molar-refractivity contribution is 7.92. The van der Waals surface area contributed by atoms with Gasteiger partial charge in [0.25, 0.3) is 10.0 Å². The number of aromatic nitrogens is 1. The number of nitrogens with zero attached hydrogens (tertiary/aromatic N) is 3. The van der Waals surface area contributed by atoms with Crippen LogP contribution in [0.5, 0.6) is 0 Å². The molecule has 0 bridgehead atoms. The molecule has 3 rings (SSSR count). The van der Waals surface area contributed by atoms with E-state index in [2.05, 4.69) is 28.5 Å². The molecule has 1 atom stereocenters. The fourth-order valence-electron chi connectivity index (χ4n) is 3.76. The minimum atomic E-state index is -4.55. The second-order valence-corrected chi connectivity index (χ2v) is 10.0. The maximum Gasteiger partial charge on any atom is 0.268 e. The second-order valence-electron chi connectivity index (χ2n) is 7.33. The van der Waals surface area contributed by atoms with Crippen molar-refractivity contribution in [2.75, 3.05) is 49.5 Å². The van der Waals surface area contributed by atoms with E-state index >= 15 is 4.39 Å². The van der Waals surface area contributed by atoms with Gasteiger partial charge >= 0.3 is 0 Å². The van der Waals surface area contributed by atoms with Gasteiger partial charge in [0.15, 0.2) is 16.5 Å². The molecule has 1 aliphatic rings. The number of ether oxygens (including phenoxy) is 1. The number of hydrogen-bond donors (Lipinski definition) is 1. The van der Waals surface area contributed by atoms with E-state index < -0.39 is 37.2 Å². The standard InChI is InChI=1S/C19H25ClF2N4O3S2/c1-4-25(5-2)10-19(29-3)6-7-26(11-19)14-8-13(21)18(17(22)16(14)20)31(27,28)24-15-9-30-12-23-15/h8-9,12,24H,4-7,10-11H2,1-3H3/t19-/m1/s1. The number of anilines is 2. The molecule has 12 heteroatoms. The Balaban J connectivity index is 1.91. The zero-order valence-electron chi connectivity index (χ0n) is 17.5. The Hall–Kier alpha value is -1.53. The summed E-state index contributed by atoms with van der Waals surface area (Å²) in [6, 6.07) is 0.962. The van der Waals surface area contributed by atoms with Gasteiger partial charge in [0.05, 0.1) is 16.8 Å². The van der Waals surface area contributed by atoms with Crippen molar-refractivity contribution in [3.05, 3.63) is 33.6 Å². The Morgan fingerprint density at radius 1 is 1.39 bits per heavy atom. The molecule has 0 spiro atoms. The van der Waals surface area contributed by atoms with Crippen LogP contribution in [0, 0.1) is 11.6 Å². The van der Waals surface area contributed by atoms with Crippen LogP contribution < -0.4 is 9.62 Å². The molecule has 1 aromatic carbocycles. The lowest BCUT2D eigenvalue weighted by Crippen LogP contribution is -2.46. The lowest BCUT2D eigenvalue weighted by Gasteiger charge is -2.33. The number of sulfonamides is 1. The molecule has 0 amide bonds. The summed E-state index contributed by atoms with van der Waals surface area (Å²) in [4.78, 5) is 6.59. The molecule has 7 nitrogen and oxygen atoms in total. The summed E-state index contributed by atoms with van der Waals surface area (Å²) in [5.74, 6) is -2.58. The predicted molar refractivity (Wildman–Crippen MR) is 119 cm³/mol. The number of thiazole rings is 1. The van der Waals surface area contributed by atoms with Crippen molar-refractivity contribution < 1.29 is 21.9 Å². The van der Waals surface area contributed by atoms with E-state index in [-0.39, 0.29) is 11.5 Å². The van der Waals surface area contributed by atoms with Crippen molar-refractivity contribution >= 4 is 44.5 Å². The molecule has 1 fully saturated rings. The first-order valence-corrected chi connectivity index (χ1v) is 12.6. The van der Waals surface area contributed by atoms with Crippen LogP contribution in [0.25, 0.3) is 0 Å². The smallest absolute Gasteiger partial charge is 0.268 e. The van der Waals surface area contributed by atoms with Gasteiger partial charge in [-0.25, -0.2) is 22.2 Å². The highest BCUT2D eigenvalue weighted by atomic mass is 35.5. The maximum atomic E-state index is 15.0. The van der Waals surface area contributed by atoms with Crippen LogP contribution in [-0.2, 0) is 14.8 Å². The number of likely N-dealkylation sites (N-methyl/N-ethyl adjacent to an activating group) is 1. The van der Waals surface area contributed by atoms with Crippen LogP contribution in [0.2, 0.25) is 5.02 Å². The molecule has 172 valence electrons. The average Bonchev–Trinajstić information content (AvgIpc) is 3.39. The van der Waals surface area contributed by atoms with Crippen molar-refractivity contribution in [1.29, 1.82) is 0 Å². The highest BCUT2D eigenvalue weighted by Crippen LogP contribution is 2.39. The first kappa shape index (κ1) is 24.1. The van der Waals surface area contributed by atoms with Crippen molar-refractivity contribution in [2.24, 2.45) is 0 Å². The van der Waals surface area contributed by atoms with Gasteiger partial charge in [-0.05, 0) is 19.5 Å². The molecule has 0 radical (unpaired) electrons. The van der Waals surface area contributed by atoms with Crippen LogP contribution >= 0.6 is 22.9 Å². The largest absolute Gasteiger partial charge is 0.375 e. The zero-order chi connectivity index (χ0) is 22.8. The summed E-state index contributed by atoms with van der Waals surface area (Å²) in [5.41, 5.74) is 0.982. The third-order valence-corrected chi connectivity index (χ3v) is 7.87. The Kier molecular flexibility index (Phi) is 7.42. The van der Waals surface area contributed by atoms with E-state index in [9.17, 15) is 12.8 Å². The van der Waals surface area contributed by atoms with E-state index in [1.54, 1.807) is 12.0 Å². The van der Waals surface area contributed by atoms with Crippen molar-refractivity contribution in [3.63, 3.8) is 0 Å². The number of halogens is 3. The maximum absolute atomic E-state index is 15.0. The number of benzene rings is 1. The minimum absolute atomic E-state index is 0.0233. The van der Waals surface area contributed by atoms with E-state index in [1.807, 2.05) is 0 Å². The summed E-state index contributed by atoms with van der Waals surface area (Å²) in [7, 11) is -2.93. The van der Waals surface area contributed by atoms with Gasteiger partial charge in [-0.1, -0.05) is 25.4 Å². The SMILES string of the molecule is CCN(CC)C[C@]1(OC)CCN(c2cc(F)c(S(=O)(=O)Nc3cscn3)c(F)c2Cl)C1. The van der Waals surface area contributed by atoms with Crippen LogP contribution in [-0.4, -0.2) is 63.7 Å². The van der Waals surface area contributed by atoms with Gasteiger partial charge in [-0.2, -0.15) is 0 Å². The van der Waals surface area contributed by atoms with Crippen LogP contribution in [0.4, 0.5) is 20.3 Å². The number of methoxy groups -OCH3 is 1. The highest BCUT2D eigenvalue weighted by Gasteiger charge is 2.41. The second kappa shape index (κ2) is 9.53. The van der Waals surface area contributed by atoms with Gasteiger partial charge in [-0.3, -0.25) is 4.72 Å². The van der Waals surface area contributed by atoms with Gasteiger partial charge in [0.1, 0.15) is 10.8 Å². The third kappa shape index (κ3) is 4.95. The Bertz CT molecular complexity index is 1020. The van der Waals surface area contributed by atoms with Gasteiger partial charge in [0.2, 0.25) is 0 Å². The van der Waals surface area contributed by atoms with Crippen LogP contribution in [0.15, 0.2) is 21.9 Å². The molecular weight excluding hydrogens is 470 g/mol. The summed E-state index contributed by atoms with van der Waals surface area (Å²) < 4.78 is 62.8. The Morgan fingerprint density at radius 2 is 2.10 bits per heavy atom. The average molecular weight is 495 g/mol. The van der Waals surface area contributed by atoms with E-state index in [1.165, 1.54) is 10.9 Å². The molecule has 31 heavy (non-hydrogen) atoms. The molecule has 2 aromatic rings. The van der Waals surface area contributed by atoms with Crippen LogP contribution in [0.3, 0.4) is 0 Å². The lowest BCUT2D eigenvalue weighted by atomic mass is 10.0. The number of hydrogen-bond acceptors (Lipinski definition) is 7. The zero-order valence-corrected chi connectivity index (χ0v) is 19.9. The fourth-order valence-corrected chi connectivity index (χ4v) is 5.79. The van der Waals surface area contributed by atoms with Gasteiger partial charge in [-0.15, -0.1) is 11.3 Å². The van der Waals surface area contributed by atoms with Crippen molar-refractivity contribution in [1.82, 2.24) is 9.88 Å². The summed E-state index contributed by atoms with van der Waals surface area (Å²) in [5, 5.41) is 0.961. The summed E-state index contributed by atoms with van der Waals surface area (Å²) >= 11 is 7.34. The quantitative estimate of drug-likeness (QED) is 0.534. The van der Waals surface area contributed by atoms with Gasteiger partial charge < -0.3 is 14.5 Å². The number of nitrogens with one attached hydrogen (secondary N) is 1. The van der Waals surface area contributed by atoms with E-state index in [0.29, 0.717) is 26.1 Å². The monoisotopic (exact) mass is 494 g/mol. The molecule has 1 aliphatic heterocycles. The summed E-state index contributed by atoms with van der Waals surface area (Å²) in [6.07, 6.45) is 0.644. The summed E-state index contributed by atoms with van der Waals surface area (Å²) in [6.45, 7) is 7.33. The molecule has 1 saturated heterocycles. The first-order chi connectivity index (χ1) is 14.7. The molecule has 1 N–H and O–H groups in total. The normalized spacial score (nSPS) is 19.4. The van der Waals surface area contributed by atoms with Crippen LogP contribution in [0.1, 0.15) is 20.3 Å². The Labute approximate surface area is 190 Å².